The first-order valence-corrected chi connectivity index (χ1v) is 8.26. The third kappa shape index (κ3) is 3.81. The predicted molar refractivity (Wildman–Crippen MR) is 92.0 cm³/mol. The molecule has 3 aromatic heterocycles. The van der Waals surface area contributed by atoms with Crippen molar-refractivity contribution in [1.29, 1.82) is 0 Å². The lowest BCUT2D eigenvalue weighted by Crippen LogP contribution is -2.16. The molecule has 4 aromatic rings. The summed E-state index contributed by atoms with van der Waals surface area (Å²) in [4.78, 5) is 20.2. The topological polar surface area (TPSA) is 99.8 Å². The second-order valence-electron chi connectivity index (χ2n) is 5.75. The molecule has 0 saturated carbocycles. The van der Waals surface area contributed by atoms with E-state index in [-0.39, 0.29) is 11.7 Å². The van der Waals surface area contributed by atoms with Crippen LogP contribution in [0.4, 0.5) is 4.39 Å². The molecule has 0 radical (unpaired) electrons. The first-order chi connectivity index (χ1) is 13.2. The number of halogens is 1. The van der Waals surface area contributed by atoms with Gasteiger partial charge in [-0.25, -0.2) is 9.18 Å². The van der Waals surface area contributed by atoms with Crippen LogP contribution in [0.3, 0.4) is 0 Å². The number of rotatable bonds is 6. The second-order valence-corrected chi connectivity index (χ2v) is 5.75. The number of pyridine rings is 1. The minimum Gasteiger partial charge on any atom is -0.388 e. The van der Waals surface area contributed by atoms with Crippen molar-refractivity contribution < 1.29 is 13.3 Å². The van der Waals surface area contributed by atoms with E-state index < -0.39 is 5.76 Å². The van der Waals surface area contributed by atoms with E-state index in [1.165, 1.54) is 28.9 Å². The fraction of sp³-hybridized carbons (Fsp3) is 0.167. The first kappa shape index (κ1) is 16.8. The van der Waals surface area contributed by atoms with Crippen LogP contribution in [0, 0.1) is 5.82 Å². The van der Waals surface area contributed by atoms with E-state index in [0.717, 1.165) is 5.56 Å². The predicted octanol–water partition coefficient (Wildman–Crippen LogP) is 2.72. The lowest BCUT2D eigenvalue weighted by atomic mass is 10.2. The average Bonchev–Trinajstić information content (AvgIpc) is 3.30. The summed E-state index contributed by atoms with van der Waals surface area (Å²) in [5, 5.41) is 8.07. The molecule has 136 valence electrons. The molecule has 4 rings (SSSR count). The average molecular weight is 367 g/mol. The Morgan fingerprint density at radius 3 is 2.59 bits per heavy atom. The van der Waals surface area contributed by atoms with E-state index in [1.54, 1.807) is 24.5 Å². The van der Waals surface area contributed by atoms with Gasteiger partial charge in [-0.2, -0.15) is 9.67 Å². The van der Waals surface area contributed by atoms with Crippen LogP contribution in [0.15, 0.2) is 62.5 Å². The maximum atomic E-state index is 13.0. The fourth-order valence-corrected chi connectivity index (χ4v) is 2.51. The van der Waals surface area contributed by atoms with Crippen molar-refractivity contribution in [3.63, 3.8) is 0 Å². The molecule has 3 heterocycles. The first-order valence-electron chi connectivity index (χ1n) is 8.26. The van der Waals surface area contributed by atoms with Crippen LogP contribution < -0.4 is 5.76 Å². The number of aromatic nitrogens is 5. The van der Waals surface area contributed by atoms with Crippen LogP contribution in [0.2, 0.25) is 0 Å². The van der Waals surface area contributed by atoms with Crippen LogP contribution in [0.1, 0.15) is 12.3 Å². The minimum absolute atomic E-state index is 0.151. The maximum Gasteiger partial charge on any atom is 0.437 e. The lowest BCUT2D eigenvalue weighted by molar-refractivity contribution is 0.369. The molecule has 0 N–H and O–H groups in total. The van der Waals surface area contributed by atoms with Crippen LogP contribution in [0.5, 0.6) is 0 Å². The SMILES string of the molecule is O=c1oc(-c2ccc(F)cc2)nn1CCCc1nc(-c2ccncc2)no1. The molecule has 0 spiro atoms. The fourth-order valence-electron chi connectivity index (χ4n) is 2.51. The summed E-state index contributed by atoms with van der Waals surface area (Å²) >= 11 is 0. The van der Waals surface area contributed by atoms with E-state index in [2.05, 4.69) is 20.2 Å². The van der Waals surface area contributed by atoms with Gasteiger partial charge in [0, 0.05) is 36.5 Å². The summed E-state index contributed by atoms with van der Waals surface area (Å²) in [5.41, 5.74) is 1.35. The largest absolute Gasteiger partial charge is 0.437 e. The van der Waals surface area contributed by atoms with Gasteiger partial charge in [0.25, 0.3) is 0 Å². The van der Waals surface area contributed by atoms with E-state index in [0.29, 0.717) is 36.7 Å². The van der Waals surface area contributed by atoms with Crippen LogP contribution in [-0.4, -0.2) is 24.9 Å². The molecule has 0 amide bonds. The zero-order chi connectivity index (χ0) is 18.6. The minimum atomic E-state index is -0.572. The molecule has 9 heteroatoms. The molecule has 27 heavy (non-hydrogen) atoms. The zero-order valence-corrected chi connectivity index (χ0v) is 14.1. The maximum absolute atomic E-state index is 13.0. The van der Waals surface area contributed by atoms with Gasteiger partial charge in [0.2, 0.25) is 17.6 Å². The smallest absolute Gasteiger partial charge is 0.388 e. The van der Waals surface area contributed by atoms with Crippen molar-refractivity contribution >= 4 is 0 Å². The van der Waals surface area contributed by atoms with Gasteiger partial charge in [-0.15, -0.1) is 5.10 Å². The van der Waals surface area contributed by atoms with Crippen molar-refractivity contribution in [2.45, 2.75) is 19.4 Å². The molecular formula is C18H14FN5O3. The molecule has 8 nitrogen and oxygen atoms in total. The zero-order valence-electron chi connectivity index (χ0n) is 14.1. The standard InChI is InChI=1S/C18H14FN5O3/c19-14-5-3-13(4-6-14)17-22-24(18(25)26-17)11-1-2-15-21-16(23-27-15)12-7-9-20-10-8-12/h3-10H,1-2,11H2. The molecule has 0 saturated heterocycles. The number of hydrogen-bond donors (Lipinski definition) is 0. The van der Waals surface area contributed by atoms with E-state index in [4.69, 9.17) is 8.94 Å². The molecule has 0 atom stereocenters. The van der Waals surface area contributed by atoms with Crippen LogP contribution in [0.25, 0.3) is 22.8 Å². The Morgan fingerprint density at radius 2 is 1.81 bits per heavy atom. The Labute approximate surface area is 152 Å². The number of aryl methyl sites for hydroxylation is 2. The number of hydrogen-bond acceptors (Lipinski definition) is 7. The summed E-state index contributed by atoms with van der Waals surface area (Å²) in [5.74, 6) is 0.169. The summed E-state index contributed by atoms with van der Waals surface area (Å²) < 4.78 is 24.6. The monoisotopic (exact) mass is 367 g/mol. The van der Waals surface area contributed by atoms with Gasteiger partial charge in [0.1, 0.15) is 5.82 Å². The molecule has 0 bridgehead atoms. The Balaban J connectivity index is 1.39. The van der Waals surface area contributed by atoms with E-state index >= 15 is 0 Å². The summed E-state index contributed by atoms with van der Waals surface area (Å²) in [7, 11) is 0. The summed E-state index contributed by atoms with van der Waals surface area (Å²) in [6, 6.07) is 9.16. The van der Waals surface area contributed by atoms with Crippen LogP contribution in [-0.2, 0) is 13.0 Å². The summed E-state index contributed by atoms with van der Waals surface area (Å²) in [6.45, 7) is 0.330. The molecule has 0 fully saturated rings. The quantitative estimate of drug-likeness (QED) is 0.516. The van der Waals surface area contributed by atoms with Gasteiger partial charge in [-0.1, -0.05) is 5.16 Å². The van der Waals surface area contributed by atoms with Crippen molar-refractivity contribution in [2.75, 3.05) is 0 Å². The van der Waals surface area contributed by atoms with Gasteiger partial charge >= 0.3 is 5.76 Å². The highest BCUT2D eigenvalue weighted by molar-refractivity contribution is 5.52. The highest BCUT2D eigenvalue weighted by atomic mass is 19.1. The Morgan fingerprint density at radius 1 is 1.04 bits per heavy atom. The highest BCUT2D eigenvalue weighted by Crippen LogP contribution is 2.16. The normalized spacial score (nSPS) is 11.0. The number of benzene rings is 1. The molecule has 1 aromatic carbocycles. The lowest BCUT2D eigenvalue weighted by Gasteiger charge is -1.96. The van der Waals surface area contributed by atoms with Gasteiger partial charge in [0.05, 0.1) is 0 Å². The Kier molecular flexibility index (Phi) is 4.56. The number of nitrogens with zero attached hydrogens (tertiary/aromatic N) is 5. The second kappa shape index (κ2) is 7.32. The molecule has 0 aliphatic heterocycles. The molecule has 0 aliphatic carbocycles. The van der Waals surface area contributed by atoms with Gasteiger partial charge in [0.15, 0.2) is 0 Å². The highest BCUT2D eigenvalue weighted by Gasteiger charge is 2.12. The van der Waals surface area contributed by atoms with Crippen molar-refractivity contribution in [1.82, 2.24) is 24.9 Å². The Bertz CT molecular complexity index is 1090. The van der Waals surface area contributed by atoms with Crippen molar-refractivity contribution in [2.24, 2.45) is 0 Å². The van der Waals surface area contributed by atoms with Gasteiger partial charge in [-0.3, -0.25) is 4.98 Å². The third-order valence-electron chi connectivity index (χ3n) is 3.86. The summed E-state index contributed by atoms with van der Waals surface area (Å²) in [6.07, 6.45) is 4.36. The molecule has 0 unspecified atom stereocenters. The van der Waals surface area contributed by atoms with Crippen LogP contribution >= 0.6 is 0 Å². The van der Waals surface area contributed by atoms with E-state index in [1.807, 2.05) is 0 Å². The van der Waals surface area contributed by atoms with Crippen molar-refractivity contribution in [3.05, 3.63) is 71.1 Å². The van der Waals surface area contributed by atoms with Gasteiger partial charge < -0.3 is 8.94 Å². The third-order valence-corrected chi connectivity index (χ3v) is 3.86. The van der Waals surface area contributed by atoms with E-state index in [9.17, 15) is 9.18 Å². The Hall–Kier alpha value is -3.62. The van der Waals surface area contributed by atoms with Gasteiger partial charge in [-0.05, 0) is 42.8 Å². The van der Waals surface area contributed by atoms with Crippen molar-refractivity contribution in [3.8, 4) is 22.8 Å². The molecule has 0 aliphatic rings. The molecular weight excluding hydrogens is 353 g/mol.